The summed E-state index contributed by atoms with van der Waals surface area (Å²) in [6, 6.07) is 22.6. The van der Waals surface area contributed by atoms with E-state index in [1.54, 1.807) is 0 Å². The van der Waals surface area contributed by atoms with E-state index in [-0.39, 0.29) is 35.6 Å². The Morgan fingerprint density at radius 1 is 0.727 bits per heavy atom. The number of fused-ring (bicyclic) bond motifs is 5. The van der Waals surface area contributed by atoms with Crippen molar-refractivity contribution in [3.8, 4) is 0 Å². The van der Waals surface area contributed by atoms with Gasteiger partial charge < -0.3 is 24.8 Å². The minimum Gasteiger partial charge on any atom is -1.00 e. The Balaban J connectivity index is 0.000000231. The molecule has 0 saturated heterocycles. The quantitative estimate of drug-likeness (QED) is 0.240. The third kappa shape index (κ3) is 7.12. The third-order valence-electron chi connectivity index (χ3n) is 9.12. The molecule has 228 valence electrons. The van der Waals surface area contributed by atoms with Gasteiger partial charge in [0.2, 0.25) is 0 Å². The van der Waals surface area contributed by atoms with Crippen LogP contribution in [0.25, 0.3) is 32.7 Å². The van der Waals surface area contributed by atoms with Gasteiger partial charge in [0.1, 0.15) is 0 Å². The molecule has 4 aromatic rings. The fourth-order valence-electron chi connectivity index (χ4n) is 6.90. The van der Waals surface area contributed by atoms with Crippen molar-refractivity contribution in [1.82, 2.24) is 0 Å². The first-order chi connectivity index (χ1) is 19.7. The minimum atomic E-state index is 0. The monoisotopic (exact) mass is 696 g/mol. The Kier molecular flexibility index (Phi) is 11.3. The van der Waals surface area contributed by atoms with Crippen LogP contribution in [0.1, 0.15) is 97.1 Å². The van der Waals surface area contributed by atoms with E-state index in [1.807, 2.05) is 6.07 Å². The summed E-state index contributed by atoms with van der Waals surface area (Å²) in [6.45, 7) is 22.3. The van der Waals surface area contributed by atoms with Gasteiger partial charge in [-0.05, 0) is 36.1 Å². The van der Waals surface area contributed by atoms with Gasteiger partial charge in [-0.25, -0.2) is 11.1 Å². The number of benzene rings is 3. The van der Waals surface area contributed by atoms with Crippen LogP contribution < -0.4 is 24.8 Å². The summed E-state index contributed by atoms with van der Waals surface area (Å²) in [5.74, 6) is 0.551. The van der Waals surface area contributed by atoms with E-state index in [9.17, 15) is 0 Å². The molecule has 0 nitrogen and oxygen atoms in total. The van der Waals surface area contributed by atoms with Gasteiger partial charge in [0.15, 0.2) is 0 Å². The molecule has 0 aliphatic heterocycles. The van der Waals surface area contributed by atoms with Gasteiger partial charge in [-0.3, -0.25) is 6.08 Å². The predicted molar refractivity (Wildman–Crippen MR) is 182 cm³/mol. The average molecular weight is 699 g/mol. The van der Waals surface area contributed by atoms with Gasteiger partial charge in [-0.2, -0.15) is 6.08 Å². The van der Waals surface area contributed by atoms with Gasteiger partial charge in [0, 0.05) is 10.8 Å². The van der Waals surface area contributed by atoms with Crippen molar-refractivity contribution in [1.29, 1.82) is 0 Å². The van der Waals surface area contributed by atoms with E-state index in [0.717, 1.165) is 0 Å². The molecule has 7 rings (SSSR count). The smallest absolute Gasteiger partial charge is 1.00 e. The fourth-order valence-corrected chi connectivity index (χ4v) is 7.31. The predicted octanol–water partition coefficient (Wildman–Crippen LogP) is 5.21. The fraction of sp³-hybridized carbons (Fsp3) is 0.317. The van der Waals surface area contributed by atoms with Crippen molar-refractivity contribution < 1.29 is 49.0 Å². The minimum absolute atomic E-state index is 0. The molecule has 0 amide bonds. The number of hydrogen-bond donors (Lipinski definition) is 0. The summed E-state index contributed by atoms with van der Waals surface area (Å²) in [7, 11) is 0. The standard InChI is InChI=1S/C25H25.C8H11.C8H8.2ClH.Zr/c1-14-12-24(3,4)22-8-16-7-17-9-23-19(15(2)13-25(23,5)6)11-21(17)20(16)10-18(14)22;1-6-4-7(2)8(3)5-6;1-2-8-6-4-3-5-7-8;;;/h7-13H,1-6H3;4,6H,1-3H3;3-7H,1H3;2*1H;/q2*-1;;;;+2/p-2. The molecular weight excluding hydrogens is 655 g/mol. The van der Waals surface area contributed by atoms with E-state index < -0.39 is 0 Å². The van der Waals surface area contributed by atoms with Crippen LogP contribution in [0, 0.1) is 12.0 Å². The van der Waals surface area contributed by atoms with Crippen LogP contribution in [0.3, 0.4) is 0 Å². The van der Waals surface area contributed by atoms with E-state index in [4.69, 9.17) is 0 Å². The van der Waals surface area contributed by atoms with Gasteiger partial charge in [-0.15, -0.1) is 46.7 Å². The Labute approximate surface area is 292 Å². The van der Waals surface area contributed by atoms with Gasteiger partial charge >= 0.3 is 70.3 Å². The molecule has 0 radical (unpaired) electrons. The van der Waals surface area contributed by atoms with E-state index in [1.165, 1.54) is 99.1 Å². The summed E-state index contributed by atoms with van der Waals surface area (Å²) in [5.41, 5.74) is 13.0. The molecule has 3 heteroatoms. The van der Waals surface area contributed by atoms with Crippen LogP contribution in [0.5, 0.6) is 0 Å². The second-order valence-corrected chi connectivity index (χ2v) is 15.5. The molecule has 44 heavy (non-hydrogen) atoms. The maximum Gasteiger partial charge on any atom is -1.00 e. The molecule has 0 bridgehead atoms. The van der Waals surface area contributed by atoms with Crippen molar-refractivity contribution in [2.24, 2.45) is 5.92 Å². The third-order valence-corrected chi connectivity index (χ3v) is 9.83. The summed E-state index contributed by atoms with van der Waals surface area (Å²) in [4.78, 5) is 0. The molecule has 1 unspecified atom stereocenters. The normalized spacial score (nSPS) is 18.2. The maximum absolute atomic E-state index is 3.29. The zero-order valence-electron chi connectivity index (χ0n) is 27.8. The molecule has 3 aliphatic rings. The first kappa shape index (κ1) is 36.3. The van der Waals surface area contributed by atoms with Crippen LogP contribution >= 0.6 is 0 Å². The molecule has 0 saturated carbocycles. The van der Waals surface area contributed by atoms with E-state index in [2.05, 4.69) is 148 Å². The molecule has 1 atom stereocenters. The van der Waals surface area contributed by atoms with E-state index in [0.29, 0.717) is 5.92 Å². The Hall–Kier alpha value is -2.18. The first-order valence-corrected chi connectivity index (χ1v) is 16.4. The molecular formula is C41H44Cl2Zr-2. The first-order valence-electron chi connectivity index (χ1n) is 15.2. The van der Waals surface area contributed by atoms with Crippen molar-refractivity contribution in [3.63, 3.8) is 0 Å². The zero-order valence-corrected chi connectivity index (χ0v) is 31.8. The largest absolute Gasteiger partial charge is 1.00 e. The molecule has 4 aromatic carbocycles. The molecule has 0 aromatic heterocycles. The Morgan fingerprint density at radius 3 is 1.50 bits per heavy atom. The molecule has 0 heterocycles. The number of allylic oxidation sites excluding steroid dienone is 8. The average Bonchev–Trinajstić information content (AvgIpc) is 3.57. The second kappa shape index (κ2) is 13.7. The summed E-state index contributed by atoms with van der Waals surface area (Å²) < 4.78 is 1.46. The molecule has 0 spiro atoms. The molecule has 0 fully saturated rings. The van der Waals surface area contributed by atoms with Gasteiger partial charge in [0.25, 0.3) is 0 Å². The zero-order chi connectivity index (χ0) is 30.6. The van der Waals surface area contributed by atoms with Gasteiger partial charge in [-0.1, -0.05) is 82.9 Å². The van der Waals surface area contributed by atoms with Crippen LogP contribution in [0.15, 0.2) is 90.0 Å². The summed E-state index contributed by atoms with van der Waals surface area (Å²) >= 11 is 1.51. The van der Waals surface area contributed by atoms with Crippen molar-refractivity contribution >= 4 is 35.9 Å². The van der Waals surface area contributed by atoms with Crippen LogP contribution in [0.4, 0.5) is 0 Å². The van der Waals surface area contributed by atoms with Crippen LogP contribution in [-0.2, 0) is 35.1 Å². The topological polar surface area (TPSA) is 0 Å². The molecule has 3 aliphatic carbocycles. The SMILES string of the molecule is CC1=CC(C)(C)c2cc3[cH-]c4cc5c(cc4c3cc21)C(C)=CC5(C)C.CC1=[C-]C(C)C=C1C.C[C](=[Zr+2])c1ccccc1.[Cl-].[Cl-]. The van der Waals surface area contributed by atoms with E-state index >= 15 is 0 Å². The van der Waals surface area contributed by atoms with Crippen molar-refractivity contribution in [2.45, 2.75) is 80.1 Å². The van der Waals surface area contributed by atoms with Crippen molar-refractivity contribution in [3.05, 3.63) is 124 Å². The Bertz CT molecular complexity index is 1730. The van der Waals surface area contributed by atoms with Crippen molar-refractivity contribution in [2.75, 3.05) is 0 Å². The Morgan fingerprint density at radius 2 is 1.18 bits per heavy atom. The summed E-state index contributed by atoms with van der Waals surface area (Å²) in [6.07, 6.45) is 10.3. The maximum atomic E-state index is 3.29. The van der Waals surface area contributed by atoms with Crippen LogP contribution in [-0.4, -0.2) is 3.21 Å². The van der Waals surface area contributed by atoms with Crippen LogP contribution in [0.2, 0.25) is 0 Å². The number of hydrogen-bond acceptors (Lipinski definition) is 0. The second-order valence-electron chi connectivity index (χ2n) is 13.6. The molecule has 0 N–H and O–H groups in total. The number of rotatable bonds is 1. The van der Waals surface area contributed by atoms with Gasteiger partial charge in [0.05, 0.1) is 0 Å². The summed E-state index contributed by atoms with van der Waals surface area (Å²) in [5, 5.41) is 5.57. The number of halogens is 2.